The number of fused-ring (bicyclic) bond motifs is 3. The fraction of sp³-hybridized carbons (Fsp3) is 0.409. The van der Waals surface area contributed by atoms with Gasteiger partial charge in [-0.1, -0.05) is 19.1 Å². The molecular formula is C22H27N3OS. The smallest absolute Gasteiger partial charge is 0.253 e. The molecule has 1 aliphatic rings. The van der Waals surface area contributed by atoms with Gasteiger partial charge in [0, 0.05) is 17.6 Å². The Hall–Kier alpha value is -2.11. The monoisotopic (exact) mass is 381 g/mol. The van der Waals surface area contributed by atoms with E-state index >= 15 is 0 Å². The SMILES string of the molecule is CC1CCc2[nH]c3c(C(=O)NCC(c4ccsc4)N(C)C)cccc3c2C1. The van der Waals surface area contributed by atoms with Gasteiger partial charge in [-0.25, -0.2) is 0 Å². The van der Waals surface area contributed by atoms with Gasteiger partial charge in [-0.15, -0.1) is 0 Å². The highest BCUT2D eigenvalue weighted by Gasteiger charge is 2.23. The number of aromatic nitrogens is 1. The molecule has 1 aliphatic carbocycles. The van der Waals surface area contributed by atoms with E-state index in [1.807, 2.05) is 12.1 Å². The summed E-state index contributed by atoms with van der Waals surface area (Å²) in [6, 6.07) is 8.39. The molecule has 0 saturated heterocycles. The van der Waals surface area contributed by atoms with Crippen LogP contribution in [0.3, 0.4) is 0 Å². The average molecular weight is 382 g/mol. The highest BCUT2D eigenvalue weighted by atomic mass is 32.1. The number of carbonyl (C=O) groups is 1. The van der Waals surface area contributed by atoms with Crippen LogP contribution >= 0.6 is 11.3 Å². The van der Waals surface area contributed by atoms with Crippen molar-refractivity contribution in [3.8, 4) is 0 Å². The van der Waals surface area contributed by atoms with Crippen molar-refractivity contribution in [3.05, 3.63) is 57.4 Å². The first-order valence-electron chi connectivity index (χ1n) is 9.63. The van der Waals surface area contributed by atoms with Gasteiger partial charge in [0.25, 0.3) is 5.91 Å². The van der Waals surface area contributed by atoms with Crippen molar-refractivity contribution in [1.29, 1.82) is 0 Å². The van der Waals surface area contributed by atoms with Gasteiger partial charge in [-0.05, 0) is 73.3 Å². The zero-order valence-corrected chi connectivity index (χ0v) is 17.0. The van der Waals surface area contributed by atoms with E-state index in [1.54, 1.807) is 11.3 Å². The summed E-state index contributed by atoms with van der Waals surface area (Å²) in [5.74, 6) is 0.703. The van der Waals surface area contributed by atoms with E-state index in [1.165, 1.54) is 28.6 Å². The minimum atomic E-state index is -0.00525. The van der Waals surface area contributed by atoms with Crippen LogP contribution < -0.4 is 5.32 Å². The Bertz CT molecular complexity index is 942. The summed E-state index contributed by atoms with van der Waals surface area (Å²) in [7, 11) is 4.10. The normalized spacial score (nSPS) is 17.9. The highest BCUT2D eigenvalue weighted by Crippen LogP contribution is 2.33. The molecule has 2 heterocycles. The molecule has 1 aromatic carbocycles. The number of para-hydroxylation sites is 1. The number of H-pyrrole nitrogens is 1. The first-order chi connectivity index (χ1) is 13.0. The van der Waals surface area contributed by atoms with Gasteiger partial charge in [-0.3, -0.25) is 4.79 Å². The van der Waals surface area contributed by atoms with Crippen molar-refractivity contribution in [3.63, 3.8) is 0 Å². The number of thiophene rings is 1. The van der Waals surface area contributed by atoms with Gasteiger partial charge in [-0.2, -0.15) is 11.3 Å². The van der Waals surface area contributed by atoms with Gasteiger partial charge in [0.05, 0.1) is 17.1 Å². The van der Waals surface area contributed by atoms with Crippen LogP contribution in [0.25, 0.3) is 10.9 Å². The van der Waals surface area contributed by atoms with Crippen LogP contribution in [-0.4, -0.2) is 36.4 Å². The molecule has 0 aliphatic heterocycles. The minimum Gasteiger partial charge on any atom is -0.358 e. The third-order valence-corrected chi connectivity index (χ3v) is 6.42. The molecule has 27 heavy (non-hydrogen) atoms. The predicted octanol–water partition coefficient (Wildman–Crippen LogP) is 4.39. The summed E-state index contributed by atoms with van der Waals surface area (Å²) < 4.78 is 0. The number of likely N-dealkylation sites (N-methyl/N-ethyl adjacent to an activating group) is 1. The van der Waals surface area contributed by atoms with Gasteiger partial charge in [0.15, 0.2) is 0 Å². The standard InChI is InChI=1S/C22H27N3OS/c1-14-7-8-19-18(11-14)16-5-4-6-17(21(16)24-19)22(26)23-12-20(25(2)3)15-9-10-27-13-15/h4-6,9-10,13-14,20,24H,7-8,11-12H2,1-3H3,(H,23,26). The minimum absolute atomic E-state index is 0.00525. The van der Waals surface area contributed by atoms with Crippen molar-refractivity contribution in [1.82, 2.24) is 15.2 Å². The fourth-order valence-corrected chi connectivity index (χ4v) is 4.86. The largest absolute Gasteiger partial charge is 0.358 e. The molecule has 4 nitrogen and oxygen atoms in total. The lowest BCUT2D eigenvalue weighted by Gasteiger charge is -2.24. The lowest BCUT2D eigenvalue weighted by molar-refractivity contribution is 0.0943. The van der Waals surface area contributed by atoms with Crippen LogP contribution in [-0.2, 0) is 12.8 Å². The number of nitrogens with zero attached hydrogens (tertiary/aromatic N) is 1. The lowest BCUT2D eigenvalue weighted by atomic mass is 9.87. The van der Waals surface area contributed by atoms with Crippen molar-refractivity contribution < 1.29 is 4.79 Å². The van der Waals surface area contributed by atoms with E-state index in [0.717, 1.165) is 23.9 Å². The number of carbonyl (C=O) groups excluding carboxylic acids is 1. The number of rotatable bonds is 5. The van der Waals surface area contributed by atoms with E-state index in [0.29, 0.717) is 12.5 Å². The maximum atomic E-state index is 13.0. The van der Waals surface area contributed by atoms with Crippen molar-refractivity contribution in [2.24, 2.45) is 5.92 Å². The average Bonchev–Trinajstić information content (AvgIpc) is 3.29. The molecule has 0 saturated carbocycles. The van der Waals surface area contributed by atoms with Crippen molar-refractivity contribution in [2.45, 2.75) is 32.2 Å². The van der Waals surface area contributed by atoms with Crippen LogP contribution in [0, 0.1) is 5.92 Å². The summed E-state index contributed by atoms with van der Waals surface area (Å²) in [6.07, 6.45) is 3.39. The van der Waals surface area contributed by atoms with Gasteiger partial charge in [0.1, 0.15) is 0 Å². The van der Waals surface area contributed by atoms with Crippen LogP contribution in [0.2, 0.25) is 0 Å². The van der Waals surface area contributed by atoms with Crippen molar-refractivity contribution >= 4 is 28.1 Å². The fourth-order valence-electron chi connectivity index (χ4n) is 4.15. The molecule has 2 atom stereocenters. The second kappa shape index (κ2) is 7.49. The number of aryl methyl sites for hydroxylation is 1. The molecule has 1 amide bonds. The van der Waals surface area contributed by atoms with E-state index < -0.39 is 0 Å². The van der Waals surface area contributed by atoms with Crippen LogP contribution in [0.5, 0.6) is 0 Å². The lowest BCUT2D eigenvalue weighted by Crippen LogP contribution is -2.34. The first-order valence-corrected chi connectivity index (χ1v) is 10.6. The van der Waals surface area contributed by atoms with Crippen molar-refractivity contribution in [2.75, 3.05) is 20.6 Å². The molecule has 0 bridgehead atoms. The molecule has 0 radical (unpaired) electrons. The zero-order valence-electron chi connectivity index (χ0n) is 16.2. The zero-order chi connectivity index (χ0) is 19.0. The third kappa shape index (κ3) is 3.54. The number of amides is 1. The van der Waals surface area contributed by atoms with Gasteiger partial charge >= 0.3 is 0 Å². The number of hydrogen-bond acceptors (Lipinski definition) is 3. The molecule has 3 aromatic rings. The Labute approximate surface area is 164 Å². The Morgan fingerprint density at radius 2 is 2.22 bits per heavy atom. The van der Waals surface area contributed by atoms with Gasteiger partial charge in [0.2, 0.25) is 0 Å². The summed E-state index contributed by atoms with van der Waals surface area (Å²) in [4.78, 5) is 18.7. The molecule has 0 fully saturated rings. The van der Waals surface area contributed by atoms with Crippen LogP contribution in [0.1, 0.15) is 46.6 Å². The second-order valence-electron chi connectivity index (χ2n) is 7.90. The number of aromatic amines is 1. The summed E-state index contributed by atoms with van der Waals surface area (Å²) in [6.45, 7) is 2.90. The Balaban J connectivity index is 1.58. The molecule has 2 unspecified atom stereocenters. The van der Waals surface area contributed by atoms with E-state index in [2.05, 4.69) is 59.1 Å². The van der Waals surface area contributed by atoms with Crippen LogP contribution in [0.15, 0.2) is 35.0 Å². The molecule has 4 rings (SSSR count). The van der Waals surface area contributed by atoms with Gasteiger partial charge < -0.3 is 15.2 Å². The third-order valence-electron chi connectivity index (χ3n) is 5.72. The first kappa shape index (κ1) is 18.3. The second-order valence-corrected chi connectivity index (χ2v) is 8.68. The number of hydrogen-bond donors (Lipinski definition) is 2. The maximum Gasteiger partial charge on any atom is 0.253 e. The molecule has 2 aromatic heterocycles. The highest BCUT2D eigenvalue weighted by molar-refractivity contribution is 7.07. The number of nitrogens with one attached hydrogen (secondary N) is 2. The molecule has 2 N–H and O–H groups in total. The summed E-state index contributed by atoms with van der Waals surface area (Å²) in [5, 5.41) is 8.60. The number of benzene rings is 1. The topological polar surface area (TPSA) is 48.1 Å². The Kier molecular flexibility index (Phi) is 5.06. The Morgan fingerprint density at radius 3 is 2.96 bits per heavy atom. The Morgan fingerprint density at radius 1 is 1.37 bits per heavy atom. The molecule has 142 valence electrons. The molecular weight excluding hydrogens is 354 g/mol. The predicted molar refractivity (Wildman–Crippen MR) is 113 cm³/mol. The molecule has 5 heteroatoms. The maximum absolute atomic E-state index is 13.0. The quantitative estimate of drug-likeness (QED) is 0.689. The van der Waals surface area contributed by atoms with E-state index in [-0.39, 0.29) is 11.9 Å². The molecule has 0 spiro atoms. The summed E-state index contributed by atoms with van der Waals surface area (Å²) >= 11 is 1.69. The van der Waals surface area contributed by atoms with Crippen LogP contribution in [0.4, 0.5) is 0 Å². The van der Waals surface area contributed by atoms with E-state index in [4.69, 9.17) is 0 Å². The summed E-state index contributed by atoms with van der Waals surface area (Å²) in [5.41, 5.74) is 5.70. The van der Waals surface area contributed by atoms with E-state index in [9.17, 15) is 4.79 Å².